The van der Waals surface area contributed by atoms with Crippen molar-refractivity contribution in [2.45, 2.75) is 38.3 Å². The molecule has 0 aliphatic heterocycles. The van der Waals surface area contributed by atoms with Crippen molar-refractivity contribution in [3.8, 4) is 0 Å². The van der Waals surface area contributed by atoms with E-state index < -0.39 is 0 Å². The first-order valence-corrected chi connectivity index (χ1v) is 8.32. The highest BCUT2D eigenvalue weighted by atomic mass is 32.1. The fraction of sp³-hybridized carbons (Fsp3) is 0.500. The molecular weight excluding hydrogens is 282 g/mol. The fourth-order valence-corrected chi connectivity index (χ4v) is 4.04. The zero-order valence-electron chi connectivity index (χ0n) is 12.3. The smallest absolute Gasteiger partial charge is 0.227 e. The number of carbonyl (C=O) groups excluding carboxylic acids is 1. The summed E-state index contributed by atoms with van der Waals surface area (Å²) in [6.07, 6.45) is 4.14. The van der Waals surface area contributed by atoms with Gasteiger partial charge in [0.1, 0.15) is 5.01 Å². The van der Waals surface area contributed by atoms with Gasteiger partial charge in [0.05, 0.1) is 22.7 Å². The molecule has 2 atom stereocenters. The van der Waals surface area contributed by atoms with Gasteiger partial charge in [-0.1, -0.05) is 25.0 Å². The lowest BCUT2D eigenvalue weighted by molar-refractivity contribution is -0.136. The minimum Gasteiger partial charge on any atom is -0.339 e. The van der Waals surface area contributed by atoms with Crippen molar-refractivity contribution in [3.05, 3.63) is 29.3 Å². The molecule has 1 amide bonds. The number of hydrogen-bond donors (Lipinski definition) is 1. The van der Waals surface area contributed by atoms with Gasteiger partial charge in [-0.2, -0.15) is 0 Å². The summed E-state index contributed by atoms with van der Waals surface area (Å²) in [6.45, 7) is 0.571. The van der Waals surface area contributed by atoms with Crippen LogP contribution in [0.5, 0.6) is 0 Å². The van der Waals surface area contributed by atoms with Crippen LogP contribution in [0.2, 0.25) is 0 Å². The van der Waals surface area contributed by atoms with Gasteiger partial charge < -0.3 is 10.6 Å². The second-order valence-electron chi connectivity index (χ2n) is 5.82. The molecule has 2 unspecified atom stereocenters. The first-order valence-electron chi connectivity index (χ1n) is 7.50. The third-order valence-corrected chi connectivity index (χ3v) is 5.24. The number of thiazole rings is 1. The average Bonchev–Trinajstić information content (AvgIpc) is 2.89. The lowest BCUT2D eigenvalue weighted by atomic mass is 9.84. The first-order chi connectivity index (χ1) is 10.1. The van der Waals surface area contributed by atoms with Crippen molar-refractivity contribution in [3.63, 3.8) is 0 Å². The summed E-state index contributed by atoms with van der Waals surface area (Å²) in [5.41, 5.74) is 7.12. The van der Waals surface area contributed by atoms with Crippen molar-refractivity contribution in [2.24, 2.45) is 11.7 Å². The molecule has 2 N–H and O–H groups in total. The van der Waals surface area contributed by atoms with Gasteiger partial charge in [-0.15, -0.1) is 11.3 Å². The Hall–Kier alpha value is -1.46. The van der Waals surface area contributed by atoms with Gasteiger partial charge in [0.2, 0.25) is 5.91 Å². The van der Waals surface area contributed by atoms with E-state index in [1.54, 1.807) is 16.2 Å². The number of fused-ring (bicyclic) bond motifs is 1. The van der Waals surface area contributed by atoms with Crippen molar-refractivity contribution < 1.29 is 4.79 Å². The molecule has 1 aromatic carbocycles. The molecule has 0 bridgehead atoms. The number of aromatic nitrogens is 1. The van der Waals surface area contributed by atoms with Gasteiger partial charge in [0.15, 0.2) is 0 Å². The zero-order valence-corrected chi connectivity index (χ0v) is 13.1. The topological polar surface area (TPSA) is 59.2 Å². The van der Waals surface area contributed by atoms with Gasteiger partial charge in [0.25, 0.3) is 0 Å². The third kappa shape index (κ3) is 3.09. The molecule has 1 aliphatic rings. The number of benzene rings is 1. The Balaban J connectivity index is 1.70. The van der Waals surface area contributed by atoms with Crippen LogP contribution >= 0.6 is 11.3 Å². The number of amides is 1. The summed E-state index contributed by atoms with van der Waals surface area (Å²) < 4.78 is 1.17. The molecule has 0 saturated heterocycles. The zero-order chi connectivity index (χ0) is 14.8. The van der Waals surface area contributed by atoms with Gasteiger partial charge in [0, 0.05) is 13.1 Å². The molecule has 5 heteroatoms. The Morgan fingerprint density at radius 1 is 1.38 bits per heavy atom. The summed E-state index contributed by atoms with van der Waals surface area (Å²) in [6, 6.07) is 8.09. The summed E-state index contributed by atoms with van der Waals surface area (Å²) >= 11 is 1.65. The standard InChI is InChI=1S/C16H21N3OS/c1-19(16(20)11-6-2-3-7-12(11)17)10-15-18-13-8-4-5-9-14(13)21-15/h4-5,8-9,11-12H,2-3,6-7,10,17H2,1H3. The van der Waals surface area contributed by atoms with E-state index in [2.05, 4.69) is 11.1 Å². The predicted octanol–water partition coefficient (Wildman–Crippen LogP) is 2.77. The predicted molar refractivity (Wildman–Crippen MR) is 86.0 cm³/mol. The molecule has 0 spiro atoms. The second-order valence-corrected chi connectivity index (χ2v) is 6.94. The molecule has 21 heavy (non-hydrogen) atoms. The van der Waals surface area contributed by atoms with Crippen molar-refractivity contribution in [1.82, 2.24) is 9.88 Å². The summed E-state index contributed by atoms with van der Waals surface area (Å²) in [7, 11) is 1.86. The number of nitrogens with zero attached hydrogens (tertiary/aromatic N) is 2. The minimum atomic E-state index is -0.0156. The van der Waals surface area contributed by atoms with Crippen LogP contribution in [-0.2, 0) is 11.3 Å². The van der Waals surface area contributed by atoms with Crippen LogP contribution in [-0.4, -0.2) is 28.9 Å². The minimum absolute atomic E-state index is 0.0156. The Kier molecular flexibility index (Phi) is 4.22. The average molecular weight is 303 g/mol. The summed E-state index contributed by atoms with van der Waals surface area (Å²) in [4.78, 5) is 18.9. The van der Waals surface area contributed by atoms with Gasteiger partial charge >= 0.3 is 0 Å². The van der Waals surface area contributed by atoms with Crippen LogP contribution in [0.15, 0.2) is 24.3 Å². The Morgan fingerprint density at radius 3 is 2.90 bits per heavy atom. The first kappa shape index (κ1) is 14.5. The highest BCUT2D eigenvalue weighted by molar-refractivity contribution is 7.18. The van der Waals surface area contributed by atoms with E-state index in [-0.39, 0.29) is 17.9 Å². The maximum Gasteiger partial charge on any atom is 0.227 e. The maximum absolute atomic E-state index is 12.6. The monoisotopic (exact) mass is 303 g/mol. The molecule has 1 fully saturated rings. The van der Waals surface area contributed by atoms with Crippen molar-refractivity contribution in [2.75, 3.05) is 7.05 Å². The number of rotatable bonds is 3. The van der Waals surface area contributed by atoms with Crippen molar-refractivity contribution in [1.29, 1.82) is 0 Å². The summed E-state index contributed by atoms with van der Waals surface area (Å²) in [5, 5.41) is 0.983. The molecule has 1 aromatic heterocycles. The highest BCUT2D eigenvalue weighted by Crippen LogP contribution is 2.26. The Labute approximate surface area is 129 Å². The number of nitrogens with two attached hydrogens (primary N) is 1. The SMILES string of the molecule is CN(Cc1nc2ccccc2s1)C(=O)C1CCCCC1N. The molecule has 1 saturated carbocycles. The van der Waals surface area contributed by atoms with Crippen LogP contribution in [0.25, 0.3) is 10.2 Å². The van der Waals surface area contributed by atoms with E-state index in [4.69, 9.17) is 5.73 Å². The van der Waals surface area contributed by atoms with Crippen molar-refractivity contribution >= 4 is 27.5 Å². The lowest BCUT2D eigenvalue weighted by Crippen LogP contribution is -2.44. The van der Waals surface area contributed by atoms with E-state index in [0.717, 1.165) is 36.2 Å². The molecule has 1 heterocycles. The quantitative estimate of drug-likeness (QED) is 0.948. The number of carbonyl (C=O) groups is 1. The van der Waals surface area contributed by atoms with Gasteiger partial charge in [-0.05, 0) is 25.0 Å². The molecule has 3 rings (SSSR count). The molecule has 0 radical (unpaired) electrons. The highest BCUT2D eigenvalue weighted by Gasteiger charge is 2.30. The number of para-hydroxylation sites is 1. The van der Waals surface area contributed by atoms with Crippen LogP contribution < -0.4 is 5.73 Å². The van der Waals surface area contributed by atoms with E-state index in [9.17, 15) is 4.79 Å². The molecule has 4 nitrogen and oxygen atoms in total. The molecule has 2 aromatic rings. The molecule has 1 aliphatic carbocycles. The molecular formula is C16H21N3OS. The van der Waals surface area contributed by atoms with Crippen LogP contribution in [0, 0.1) is 5.92 Å². The molecule has 112 valence electrons. The van der Waals surface area contributed by atoms with E-state index in [0.29, 0.717) is 6.54 Å². The van der Waals surface area contributed by atoms with Gasteiger partial charge in [-0.3, -0.25) is 4.79 Å². The third-order valence-electron chi connectivity index (χ3n) is 4.22. The van der Waals surface area contributed by atoms with E-state index in [1.165, 1.54) is 4.70 Å². The Morgan fingerprint density at radius 2 is 2.14 bits per heavy atom. The summed E-state index contributed by atoms with van der Waals surface area (Å²) in [5.74, 6) is 0.152. The fourth-order valence-electron chi connectivity index (χ4n) is 3.02. The Bertz CT molecular complexity index is 606. The normalized spacial score (nSPS) is 22.4. The van der Waals surface area contributed by atoms with Crippen LogP contribution in [0.4, 0.5) is 0 Å². The van der Waals surface area contributed by atoms with E-state index in [1.807, 2.05) is 25.2 Å². The largest absolute Gasteiger partial charge is 0.339 e. The van der Waals surface area contributed by atoms with E-state index >= 15 is 0 Å². The van der Waals surface area contributed by atoms with Crippen LogP contribution in [0.3, 0.4) is 0 Å². The lowest BCUT2D eigenvalue weighted by Gasteiger charge is -2.30. The second kappa shape index (κ2) is 6.12. The number of hydrogen-bond acceptors (Lipinski definition) is 4. The maximum atomic E-state index is 12.6. The van der Waals surface area contributed by atoms with Crippen LogP contribution in [0.1, 0.15) is 30.7 Å². The van der Waals surface area contributed by atoms with Gasteiger partial charge in [-0.25, -0.2) is 4.98 Å².